The van der Waals surface area contributed by atoms with Crippen molar-refractivity contribution in [3.8, 4) is 0 Å². The van der Waals surface area contributed by atoms with E-state index in [9.17, 15) is 19.2 Å². The number of rotatable bonds is 3. The summed E-state index contributed by atoms with van der Waals surface area (Å²) in [6.45, 7) is 15.2. The fourth-order valence-electron chi connectivity index (χ4n) is 4.18. The maximum Gasteiger partial charge on any atom is 0.430 e. The van der Waals surface area contributed by atoms with Crippen molar-refractivity contribution in [2.45, 2.75) is 85.2 Å². The maximum absolute atomic E-state index is 13.8. The molecule has 1 aromatic rings. The summed E-state index contributed by atoms with van der Waals surface area (Å²) in [6.07, 6.45) is -2.45. The zero-order valence-corrected chi connectivity index (χ0v) is 23.0. The van der Waals surface area contributed by atoms with Crippen LogP contribution in [0.2, 0.25) is 0 Å². The second kappa shape index (κ2) is 10.4. The fraction of sp³-hybridized carbons (Fsp3) is 0.615. The van der Waals surface area contributed by atoms with Crippen LogP contribution in [0.1, 0.15) is 72.7 Å². The molecule has 0 aromatic heterocycles. The molecule has 1 aliphatic rings. The summed E-state index contributed by atoms with van der Waals surface area (Å²) in [5.41, 5.74) is -0.599. The van der Waals surface area contributed by atoms with Crippen LogP contribution in [0.3, 0.4) is 0 Å². The number of nitrogens with zero attached hydrogens (tertiary/aromatic N) is 3. The summed E-state index contributed by atoms with van der Waals surface area (Å²) in [4.78, 5) is 56.5. The molecule has 1 aromatic carbocycles. The van der Waals surface area contributed by atoms with Gasteiger partial charge in [0, 0.05) is 12.6 Å². The minimum Gasteiger partial charge on any atom is -0.443 e. The smallest absolute Gasteiger partial charge is 0.430 e. The Bertz CT molecular complexity index is 982. The zero-order valence-electron chi connectivity index (χ0n) is 23.0. The number of carbonyl (C=O) groups excluding carboxylic acids is 4. The maximum atomic E-state index is 13.8. The lowest BCUT2D eigenvalue weighted by Crippen LogP contribution is -2.76. The molecule has 1 saturated heterocycles. The second-order valence-corrected chi connectivity index (χ2v) is 11.6. The summed E-state index contributed by atoms with van der Waals surface area (Å²) in [6, 6.07) is 8.71. The molecule has 10 nitrogen and oxygen atoms in total. The third kappa shape index (κ3) is 6.67. The molecule has 10 heteroatoms. The Hall–Kier alpha value is -3.30. The van der Waals surface area contributed by atoms with Gasteiger partial charge in [-0.2, -0.15) is 5.01 Å². The largest absolute Gasteiger partial charge is 0.443 e. The molecular formula is C26H40N4O6. The highest BCUT2D eigenvalue weighted by Crippen LogP contribution is 2.32. The summed E-state index contributed by atoms with van der Waals surface area (Å²) >= 11 is 0. The highest BCUT2D eigenvalue weighted by molar-refractivity contribution is 5.98. The third-order valence-electron chi connectivity index (χ3n) is 5.52. The molecule has 0 unspecified atom stereocenters. The number of amides is 4. The lowest BCUT2D eigenvalue weighted by Gasteiger charge is -2.53. The number of hydrazine groups is 1. The molecule has 2 atom stereocenters. The summed E-state index contributed by atoms with van der Waals surface area (Å²) in [5.74, 6) is -0.869. The first-order valence-electron chi connectivity index (χ1n) is 12.0. The van der Waals surface area contributed by atoms with Gasteiger partial charge in [0.1, 0.15) is 17.4 Å². The van der Waals surface area contributed by atoms with Gasteiger partial charge in [-0.1, -0.05) is 32.0 Å². The van der Waals surface area contributed by atoms with E-state index >= 15 is 0 Å². The highest BCUT2D eigenvalue weighted by atomic mass is 16.6. The van der Waals surface area contributed by atoms with Crippen LogP contribution in [0.15, 0.2) is 30.3 Å². The van der Waals surface area contributed by atoms with Gasteiger partial charge < -0.3 is 19.3 Å². The number of likely N-dealkylation sites (N-methyl/N-ethyl adjacent to an activating group) is 1. The molecule has 4 amide bonds. The predicted molar refractivity (Wildman–Crippen MR) is 135 cm³/mol. The Morgan fingerprint density at radius 2 is 1.56 bits per heavy atom. The number of carbonyl (C=O) groups is 4. The third-order valence-corrected chi connectivity index (χ3v) is 5.52. The summed E-state index contributed by atoms with van der Waals surface area (Å²) in [7, 11) is 1.58. The molecule has 1 heterocycles. The first kappa shape index (κ1) is 28.9. The average Bonchev–Trinajstić information content (AvgIpc) is 2.72. The molecule has 2 rings (SSSR count). The molecular weight excluding hydrogens is 464 g/mol. The van der Waals surface area contributed by atoms with Gasteiger partial charge in [-0.05, 0) is 66.5 Å². The number of hydrogen-bond donors (Lipinski definition) is 1. The molecule has 0 saturated carbocycles. The van der Waals surface area contributed by atoms with Crippen LogP contribution in [0.4, 0.5) is 9.59 Å². The van der Waals surface area contributed by atoms with Crippen LogP contribution in [-0.4, -0.2) is 75.3 Å². The summed E-state index contributed by atoms with van der Waals surface area (Å²) < 4.78 is 10.9. The molecule has 0 aliphatic carbocycles. The van der Waals surface area contributed by atoms with Gasteiger partial charge in [-0.25, -0.2) is 15.0 Å². The van der Waals surface area contributed by atoms with E-state index in [0.29, 0.717) is 5.56 Å². The summed E-state index contributed by atoms with van der Waals surface area (Å²) in [5, 5.41) is 0.840. The van der Waals surface area contributed by atoms with Gasteiger partial charge in [0.2, 0.25) is 0 Å². The van der Waals surface area contributed by atoms with E-state index in [1.807, 2.05) is 19.9 Å². The number of hydrogen-bond acceptors (Lipinski definition) is 6. The molecule has 0 radical (unpaired) electrons. The average molecular weight is 505 g/mol. The number of nitrogens with one attached hydrogen (secondary N) is 1. The molecule has 1 aliphatic heterocycles. The molecule has 1 N–H and O–H groups in total. The molecule has 36 heavy (non-hydrogen) atoms. The predicted octanol–water partition coefficient (Wildman–Crippen LogP) is 4.02. The highest BCUT2D eigenvalue weighted by Gasteiger charge is 2.55. The van der Waals surface area contributed by atoms with Crippen molar-refractivity contribution < 1.29 is 28.7 Å². The number of ether oxygens (including phenoxy) is 2. The minimum atomic E-state index is -1.69. The molecule has 0 bridgehead atoms. The van der Waals surface area contributed by atoms with Crippen LogP contribution < -0.4 is 5.43 Å². The minimum absolute atomic E-state index is 0.107. The first-order chi connectivity index (χ1) is 16.4. The van der Waals surface area contributed by atoms with E-state index in [-0.39, 0.29) is 18.4 Å². The Morgan fingerprint density at radius 1 is 1.03 bits per heavy atom. The van der Waals surface area contributed by atoms with E-state index in [1.54, 1.807) is 77.8 Å². The van der Waals surface area contributed by atoms with Crippen LogP contribution in [0.25, 0.3) is 0 Å². The molecule has 0 spiro atoms. The Morgan fingerprint density at radius 3 is 2.03 bits per heavy atom. The van der Waals surface area contributed by atoms with Crippen LogP contribution in [0, 0.1) is 5.92 Å². The first-order valence-corrected chi connectivity index (χ1v) is 12.0. The Labute approximate surface area is 213 Å². The molecule has 200 valence electrons. The van der Waals surface area contributed by atoms with Gasteiger partial charge >= 0.3 is 12.2 Å². The van der Waals surface area contributed by atoms with Gasteiger partial charge in [-0.15, -0.1) is 0 Å². The van der Waals surface area contributed by atoms with Crippen molar-refractivity contribution in [2.24, 2.45) is 5.92 Å². The lowest BCUT2D eigenvalue weighted by molar-refractivity contribution is -0.162. The fourth-order valence-corrected chi connectivity index (χ4v) is 4.18. The van der Waals surface area contributed by atoms with E-state index in [0.717, 1.165) is 5.01 Å². The van der Waals surface area contributed by atoms with Gasteiger partial charge in [0.15, 0.2) is 5.54 Å². The Balaban J connectivity index is 2.57. The van der Waals surface area contributed by atoms with Crippen molar-refractivity contribution in [3.05, 3.63) is 35.9 Å². The van der Waals surface area contributed by atoms with Crippen LogP contribution >= 0.6 is 0 Å². The zero-order chi connectivity index (χ0) is 27.6. The van der Waals surface area contributed by atoms with E-state index in [2.05, 4.69) is 5.43 Å². The second-order valence-electron chi connectivity index (χ2n) is 11.6. The van der Waals surface area contributed by atoms with E-state index in [4.69, 9.17) is 9.47 Å². The van der Waals surface area contributed by atoms with Crippen LogP contribution in [0.5, 0.6) is 0 Å². The number of benzene rings is 1. The SMILES string of the molecule is CC(C)[C@@H]1N(C)C(=O)[C@@](C)(N(NC(=O)OC(C)(C)C)C(=O)OC(C)(C)C)CN1C(=O)c1ccccc1. The van der Waals surface area contributed by atoms with Crippen LogP contribution in [-0.2, 0) is 14.3 Å². The van der Waals surface area contributed by atoms with E-state index in [1.165, 1.54) is 11.8 Å². The van der Waals surface area contributed by atoms with E-state index < -0.39 is 41.0 Å². The van der Waals surface area contributed by atoms with Gasteiger partial charge in [-0.3, -0.25) is 9.59 Å². The topological polar surface area (TPSA) is 108 Å². The Kier molecular flexibility index (Phi) is 8.33. The lowest BCUT2D eigenvalue weighted by atomic mass is 9.91. The van der Waals surface area contributed by atoms with Gasteiger partial charge in [0.05, 0.1) is 6.54 Å². The van der Waals surface area contributed by atoms with Crippen molar-refractivity contribution in [3.63, 3.8) is 0 Å². The van der Waals surface area contributed by atoms with Gasteiger partial charge in [0.25, 0.3) is 11.8 Å². The molecule has 1 fully saturated rings. The van der Waals surface area contributed by atoms with Crippen molar-refractivity contribution >= 4 is 24.0 Å². The van der Waals surface area contributed by atoms with Crippen molar-refractivity contribution in [1.29, 1.82) is 0 Å². The normalized spacial score (nSPS) is 20.8. The standard InChI is InChI=1S/C26H40N4O6/c1-17(2)19-28(10)21(32)26(9,16-29(19)20(31)18-14-12-11-13-15-18)30(23(34)36-25(6,7)8)27-22(33)35-24(3,4)5/h11-15,17,19H,16H2,1-10H3,(H,27,33)/t19-,26+/m1/s1. The quantitative estimate of drug-likeness (QED) is 0.623. The monoisotopic (exact) mass is 504 g/mol. The van der Waals surface area contributed by atoms with Crippen molar-refractivity contribution in [1.82, 2.24) is 20.2 Å². The van der Waals surface area contributed by atoms with Crippen molar-refractivity contribution in [2.75, 3.05) is 13.6 Å².